The number of aryl methyl sites for hydroxylation is 2. The molecule has 1 amide bonds. The van der Waals surface area contributed by atoms with Crippen LogP contribution in [-0.2, 0) is 4.79 Å². The summed E-state index contributed by atoms with van der Waals surface area (Å²) in [6.07, 6.45) is -0.131. The Morgan fingerprint density at radius 3 is 2.65 bits per heavy atom. The van der Waals surface area contributed by atoms with Crippen molar-refractivity contribution < 1.29 is 13.9 Å². The van der Waals surface area contributed by atoms with Gasteiger partial charge in [0.2, 0.25) is 0 Å². The Morgan fingerprint density at radius 1 is 1.26 bits per heavy atom. The van der Waals surface area contributed by atoms with Crippen molar-refractivity contribution in [3.8, 4) is 5.75 Å². The highest BCUT2D eigenvalue weighted by Gasteiger charge is 2.19. The van der Waals surface area contributed by atoms with E-state index in [0.717, 1.165) is 11.1 Å². The van der Waals surface area contributed by atoms with Gasteiger partial charge in [0.05, 0.1) is 5.02 Å². The number of carbonyl (C=O) groups excluding carboxylic acids is 1. The number of nitrogens with one attached hydrogen (secondary N) is 1. The Balaban J connectivity index is 2.11. The van der Waals surface area contributed by atoms with E-state index in [1.165, 1.54) is 18.2 Å². The largest absolute Gasteiger partial charge is 0.480 e. The molecule has 1 atom stereocenters. The van der Waals surface area contributed by atoms with Crippen LogP contribution in [0.5, 0.6) is 5.75 Å². The molecular weight excluding hydrogens is 317 g/mol. The summed E-state index contributed by atoms with van der Waals surface area (Å²) in [4.78, 5) is 12.4. The summed E-state index contributed by atoms with van der Waals surface area (Å²) in [6, 6.07) is 9.90. The summed E-state index contributed by atoms with van der Waals surface area (Å²) in [5.74, 6) is -0.136. The average Bonchev–Trinajstić information content (AvgIpc) is 2.51. The lowest BCUT2D eigenvalue weighted by Crippen LogP contribution is -2.32. The SMILES string of the molecule is CC[C@H](Oc1cc(C)ccc1C)C(=O)Nc1ccc(F)c(Cl)c1. The molecule has 0 aromatic heterocycles. The van der Waals surface area contributed by atoms with Gasteiger partial charge in [-0.2, -0.15) is 0 Å². The van der Waals surface area contributed by atoms with Gasteiger partial charge in [0.15, 0.2) is 6.10 Å². The molecule has 0 spiro atoms. The van der Waals surface area contributed by atoms with Gasteiger partial charge in [-0.25, -0.2) is 4.39 Å². The number of rotatable bonds is 5. The van der Waals surface area contributed by atoms with Gasteiger partial charge in [0.25, 0.3) is 5.91 Å². The summed E-state index contributed by atoms with van der Waals surface area (Å²) in [5, 5.41) is 2.66. The van der Waals surface area contributed by atoms with E-state index in [1.807, 2.05) is 39.0 Å². The zero-order valence-electron chi connectivity index (χ0n) is 13.3. The lowest BCUT2D eigenvalue weighted by molar-refractivity contribution is -0.122. The standard InChI is InChI=1S/C18H19ClFNO2/c1-4-16(23-17-9-11(2)5-6-12(17)3)18(22)21-13-7-8-15(20)14(19)10-13/h5-10,16H,4H2,1-3H3,(H,21,22)/t16-/m0/s1. The minimum Gasteiger partial charge on any atom is -0.480 e. The number of halogens is 2. The third-order valence-corrected chi connectivity index (χ3v) is 3.75. The molecule has 3 nitrogen and oxygen atoms in total. The van der Waals surface area contributed by atoms with Gasteiger partial charge in [-0.05, 0) is 55.7 Å². The van der Waals surface area contributed by atoms with E-state index in [2.05, 4.69) is 5.32 Å². The first-order valence-electron chi connectivity index (χ1n) is 7.40. The molecule has 0 fully saturated rings. The molecule has 0 aliphatic heterocycles. The van der Waals surface area contributed by atoms with Crippen molar-refractivity contribution in [3.05, 3.63) is 58.4 Å². The summed E-state index contributed by atoms with van der Waals surface area (Å²) < 4.78 is 19.0. The molecule has 5 heteroatoms. The fraction of sp³-hybridized carbons (Fsp3) is 0.278. The zero-order valence-corrected chi connectivity index (χ0v) is 14.1. The number of carbonyl (C=O) groups is 1. The van der Waals surface area contributed by atoms with Crippen LogP contribution in [0.1, 0.15) is 24.5 Å². The third kappa shape index (κ3) is 4.45. The van der Waals surface area contributed by atoms with Crippen LogP contribution in [0, 0.1) is 19.7 Å². The van der Waals surface area contributed by atoms with Gasteiger partial charge in [0, 0.05) is 5.69 Å². The van der Waals surface area contributed by atoms with Gasteiger partial charge >= 0.3 is 0 Å². The molecule has 0 heterocycles. The Hall–Kier alpha value is -2.07. The maximum atomic E-state index is 13.2. The average molecular weight is 336 g/mol. The van der Waals surface area contributed by atoms with Crippen molar-refractivity contribution in [2.75, 3.05) is 5.32 Å². The van der Waals surface area contributed by atoms with Crippen LogP contribution < -0.4 is 10.1 Å². The second-order valence-corrected chi connectivity index (χ2v) is 5.81. The van der Waals surface area contributed by atoms with Crippen LogP contribution in [0.3, 0.4) is 0 Å². The van der Waals surface area contributed by atoms with Crippen molar-refractivity contribution in [1.29, 1.82) is 0 Å². The zero-order chi connectivity index (χ0) is 17.0. The Morgan fingerprint density at radius 2 is 2.00 bits per heavy atom. The first kappa shape index (κ1) is 17.3. The molecular formula is C18H19ClFNO2. The molecule has 0 aliphatic carbocycles. The quantitative estimate of drug-likeness (QED) is 0.844. The van der Waals surface area contributed by atoms with Gasteiger partial charge in [-0.3, -0.25) is 4.79 Å². The predicted molar refractivity (Wildman–Crippen MR) is 90.7 cm³/mol. The van der Waals surface area contributed by atoms with Crippen LogP contribution >= 0.6 is 11.6 Å². The number of anilines is 1. The first-order chi connectivity index (χ1) is 10.9. The molecule has 2 aromatic rings. The normalized spacial score (nSPS) is 11.9. The van der Waals surface area contributed by atoms with Crippen molar-refractivity contribution >= 4 is 23.2 Å². The number of amides is 1. The van der Waals surface area contributed by atoms with E-state index in [-0.39, 0.29) is 10.9 Å². The molecule has 0 bridgehead atoms. The van der Waals surface area contributed by atoms with Crippen LogP contribution in [0.4, 0.5) is 10.1 Å². The monoisotopic (exact) mass is 335 g/mol. The smallest absolute Gasteiger partial charge is 0.265 e. The summed E-state index contributed by atoms with van der Waals surface area (Å²) >= 11 is 5.72. The fourth-order valence-electron chi connectivity index (χ4n) is 2.11. The molecule has 1 N–H and O–H groups in total. The van der Waals surface area contributed by atoms with Crippen LogP contribution in [0.2, 0.25) is 5.02 Å². The van der Waals surface area contributed by atoms with E-state index in [1.54, 1.807) is 0 Å². The minimum atomic E-state index is -0.640. The van der Waals surface area contributed by atoms with E-state index < -0.39 is 11.9 Å². The topological polar surface area (TPSA) is 38.3 Å². The number of hydrogen-bond donors (Lipinski definition) is 1. The summed E-state index contributed by atoms with van der Waals surface area (Å²) in [5.41, 5.74) is 2.46. The highest BCUT2D eigenvalue weighted by atomic mass is 35.5. The summed E-state index contributed by atoms with van der Waals surface area (Å²) in [7, 11) is 0. The van der Waals surface area contributed by atoms with Gasteiger partial charge in [0.1, 0.15) is 11.6 Å². The molecule has 23 heavy (non-hydrogen) atoms. The maximum Gasteiger partial charge on any atom is 0.265 e. The lowest BCUT2D eigenvalue weighted by Gasteiger charge is -2.19. The van der Waals surface area contributed by atoms with Gasteiger partial charge < -0.3 is 10.1 Å². The van der Waals surface area contributed by atoms with E-state index in [9.17, 15) is 9.18 Å². The van der Waals surface area contributed by atoms with Crippen LogP contribution in [0.25, 0.3) is 0 Å². The van der Waals surface area contributed by atoms with Crippen molar-refractivity contribution in [3.63, 3.8) is 0 Å². The Bertz CT molecular complexity index is 718. The van der Waals surface area contributed by atoms with Crippen molar-refractivity contribution in [1.82, 2.24) is 0 Å². The molecule has 0 aliphatic rings. The third-order valence-electron chi connectivity index (χ3n) is 3.46. The maximum absolute atomic E-state index is 13.2. The Kier molecular flexibility index (Phi) is 5.61. The highest BCUT2D eigenvalue weighted by molar-refractivity contribution is 6.31. The number of hydrogen-bond acceptors (Lipinski definition) is 2. The molecule has 2 rings (SSSR count). The van der Waals surface area contributed by atoms with Crippen molar-refractivity contribution in [2.45, 2.75) is 33.3 Å². The summed E-state index contributed by atoms with van der Waals surface area (Å²) in [6.45, 7) is 5.76. The fourth-order valence-corrected chi connectivity index (χ4v) is 2.29. The predicted octanol–water partition coefficient (Wildman–Crippen LogP) is 4.89. The van der Waals surface area contributed by atoms with Crippen LogP contribution in [-0.4, -0.2) is 12.0 Å². The van der Waals surface area contributed by atoms with Crippen molar-refractivity contribution in [2.24, 2.45) is 0 Å². The second kappa shape index (κ2) is 7.47. The first-order valence-corrected chi connectivity index (χ1v) is 7.78. The highest BCUT2D eigenvalue weighted by Crippen LogP contribution is 2.23. The molecule has 0 saturated heterocycles. The van der Waals surface area contributed by atoms with E-state index in [4.69, 9.17) is 16.3 Å². The lowest BCUT2D eigenvalue weighted by atomic mass is 10.1. The molecule has 0 unspecified atom stereocenters. The van der Waals surface area contributed by atoms with Crippen LogP contribution in [0.15, 0.2) is 36.4 Å². The molecule has 0 saturated carbocycles. The van der Waals surface area contributed by atoms with Gasteiger partial charge in [-0.1, -0.05) is 30.7 Å². The number of benzene rings is 2. The minimum absolute atomic E-state index is 0.0358. The number of ether oxygens (including phenoxy) is 1. The second-order valence-electron chi connectivity index (χ2n) is 5.40. The van der Waals surface area contributed by atoms with E-state index in [0.29, 0.717) is 17.9 Å². The molecule has 122 valence electrons. The molecule has 2 aromatic carbocycles. The van der Waals surface area contributed by atoms with E-state index >= 15 is 0 Å². The van der Waals surface area contributed by atoms with Gasteiger partial charge in [-0.15, -0.1) is 0 Å². The Labute approximate surface area is 140 Å². The molecule has 0 radical (unpaired) electrons.